The molecule has 0 saturated carbocycles. The average Bonchev–Trinajstić information content (AvgIpc) is 2.21. The zero-order valence-electron chi connectivity index (χ0n) is 8.97. The summed E-state index contributed by atoms with van der Waals surface area (Å²) in [5.74, 6) is 11.4. The van der Waals surface area contributed by atoms with Gasteiger partial charge in [-0.1, -0.05) is 17.7 Å². The number of hydrazine groups is 1. The van der Waals surface area contributed by atoms with Crippen molar-refractivity contribution >= 4 is 11.6 Å². The molecule has 2 nitrogen and oxygen atoms in total. The van der Waals surface area contributed by atoms with E-state index in [1.54, 1.807) is 0 Å². The number of hydrogen-bond acceptors (Lipinski definition) is 2. The molecule has 0 bridgehead atoms. The first-order chi connectivity index (χ1) is 7.19. The van der Waals surface area contributed by atoms with E-state index in [1.165, 1.54) is 0 Å². The van der Waals surface area contributed by atoms with Crippen molar-refractivity contribution < 1.29 is 0 Å². The summed E-state index contributed by atoms with van der Waals surface area (Å²) in [7, 11) is 0. The van der Waals surface area contributed by atoms with Crippen molar-refractivity contribution in [2.24, 2.45) is 5.84 Å². The van der Waals surface area contributed by atoms with E-state index in [-0.39, 0.29) is 6.04 Å². The minimum Gasteiger partial charge on any atom is -0.271 e. The van der Waals surface area contributed by atoms with Crippen LogP contribution in [0, 0.1) is 18.8 Å². The van der Waals surface area contributed by atoms with E-state index in [0.29, 0.717) is 6.42 Å². The topological polar surface area (TPSA) is 38.0 Å². The van der Waals surface area contributed by atoms with Crippen molar-refractivity contribution in [3.05, 3.63) is 34.3 Å². The molecular formula is C12H15ClN2. The number of nitrogens with two attached hydrogens (primary N) is 1. The molecule has 0 aliphatic rings. The van der Waals surface area contributed by atoms with Crippen molar-refractivity contribution in [2.75, 3.05) is 0 Å². The largest absolute Gasteiger partial charge is 0.271 e. The summed E-state index contributed by atoms with van der Waals surface area (Å²) < 4.78 is 0. The van der Waals surface area contributed by atoms with E-state index in [0.717, 1.165) is 16.1 Å². The van der Waals surface area contributed by atoms with Crippen molar-refractivity contribution in [3.63, 3.8) is 0 Å². The molecule has 0 radical (unpaired) electrons. The smallest absolute Gasteiger partial charge is 0.0571 e. The third-order valence-corrected chi connectivity index (χ3v) is 2.53. The van der Waals surface area contributed by atoms with E-state index in [2.05, 4.69) is 17.3 Å². The van der Waals surface area contributed by atoms with Gasteiger partial charge in [0.1, 0.15) is 0 Å². The van der Waals surface area contributed by atoms with Gasteiger partial charge in [0.05, 0.1) is 6.04 Å². The first-order valence-corrected chi connectivity index (χ1v) is 5.18. The van der Waals surface area contributed by atoms with Crippen LogP contribution in [0.25, 0.3) is 0 Å². The Morgan fingerprint density at radius 1 is 1.53 bits per heavy atom. The Kier molecular flexibility index (Phi) is 4.64. The Labute approximate surface area is 95.8 Å². The third-order valence-electron chi connectivity index (χ3n) is 2.29. The molecule has 80 valence electrons. The van der Waals surface area contributed by atoms with Gasteiger partial charge in [-0.2, -0.15) is 0 Å². The molecule has 0 fully saturated rings. The maximum absolute atomic E-state index is 5.89. The standard InChI is InChI=1S/C12H15ClN2/c1-3-4-5-12(15-14)11-7-6-10(13)8-9(11)2/h6-8,12,15H,5,14H2,1-2H3. The summed E-state index contributed by atoms with van der Waals surface area (Å²) in [6.45, 7) is 3.84. The van der Waals surface area contributed by atoms with Gasteiger partial charge >= 0.3 is 0 Å². The molecule has 1 aromatic carbocycles. The molecule has 0 heterocycles. The highest BCUT2D eigenvalue weighted by molar-refractivity contribution is 6.30. The van der Waals surface area contributed by atoms with Crippen LogP contribution in [0.15, 0.2) is 18.2 Å². The van der Waals surface area contributed by atoms with Gasteiger partial charge in [-0.05, 0) is 37.1 Å². The summed E-state index contributed by atoms with van der Waals surface area (Å²) in [6.07, 6.45) is 0.704. The highest BCUT2D eigenvalue weighted by Crippen LogP contribution is 2.22. The number of aryl methyl sites for hydroxylation is 1. The van der Waals surface area contributed by atoms with E-state index in [4.69, 9.17) is 17.4 Å². The maximum Gasteiger partial charge on any atom is 0.0571 e. The molecule has 3 heteroatoms. The van der Waals surface area contributed by atoms with Crippen molar-refractivity contribution in [2.45, 2.75) is 26.3 Å². The Morgan fingerprint density at radius 3 is 2.80 bits per heavy atom. The summed E-state index contributed by atoms with van der Waals surface area (Å²) in [6, 6.07) is 5.85. The summed E-state index contributed by atoms with van der Waals surface area (Å²) >= 11 is 5.89. The van der Waals surface area contributed by atoms with Crippen LogP contribution in [0.3, 0.4) is 0 Å². The van der Waals surface area contributed by atoms with Gasteiger partial charge in [-0.3, -0.25) is 11.3 Å². The molecule has 1 aromatic rings. The molecule has 1 atom stereocenters. The molecule has 0 aromatic heterocycles. The summed E-state index contributed by atoms with van der Waals surface area (Å²) in [5, 5.41) is 0.744. The van der Waals surface area contributed by atoms with Crippen molar-refractivity contribution in [3.8, 4) is 11.8 Å². The molecule has 0 spiro atoms. The van der Waals surface area contributed by atoms with Crippen LogP contribution in [-0.4, -0.2) is 0 Å². The summed E-state index contributed by atoms with van der Waals surface area (Å²) in [4.78, 5) is 0. The first kappa shape index (κ1) is 12.1. The predicted octanol–water partition coefficient (Wildman–Crippen LogP) is 2.57. The van der Waals surface area contributed by atoms with Crippen LogP contribution in [0.2, 0.25) is 5.02 Å². The fraction of sp³-hybridized carbons (Fsp3) is 0.333. The van der Waals surface area contributed by atoms with Crippen LogP contribution in [-0.2, 0) is 0 Å². The van der Waals surface area contributed by atoms with Gasteiger partial charge < -0.3 is 0 Å². The van der Waals surface area contributed by atoms with Gasteiger partial charge in [0.25, 0.3) is 0 Å². The minimum atomic E-state index is 0.0646. The highest BCUT2D eigenvalue weighted by atomic mass is 35.5. The van der Waals surface area contributed by atoms with E-state index < -0.39 is 0 Å². The van der Waals surface area contributed by atoms with Crippen LogP contribution in [0.1, 0.15) is 30.5 Å². The number of hydrogen-bond donors (Lipinski definition) is 2. The van der Waals surface area contributed by atoms with Gasteiger partial charge in [0.2, 0.25) is 0 Å². The van der Waals surface area contributed by atoms with Gasteiger partial charge in [0, 0.05) is 11.4 Å². The molecule has 0 aliphatic carbocycles. The third kappa shape index (κ3) is 3.24. The zero-order chi connectivity index (χ0) is 11.3. The second kappa shape index (κ2) is 5.77. The van der Waals surface area contributed by atoms with Gasteiger partial charge in [0.15, 0.2) is 0 Å². The molecule has 3 N–H and O–H groups in total. The normalized spacial score (nSPS) is 11.7. The second-order valence-electron chi connectivity index (χ2n) is 3.35. The van der Waals surface area contributed by atoms with Crippen molar-refractivity contribution in [1.29, 1.82) is 0 Å². The molecule has 1 rings (SSSR count). The van der Waals surface area contributed by atoms with Gasteiger partial charge in [-0.15, -0.1) is 11.8 Å². The fourth-order valence-corrected chi connectivity index (χ4v) is 1.72. The molecule has 15 heavy (non-hydrogen) atoms. The van der Waals surface area contributed by atoms with E-state index >= 15 is 0 Å². The Hall–Kier alpha value is -1.01. The lowest BCUT2D eigenvalue weighted by atomic mass is 9.99. The van der Waals surface area contributed by atoms with E-state index in [1.807, 2.05) is 32.0 Å². The number of benzene rings is 1. The molecular weight excluding hydrogens is 208 g/mol. The minimum absolute atomic E-state index is 0.0646. The first-order valence-electron chi connectivity index (χ1n) is 4.80. The molecule has 1 unspecified atom stereocenters. The number of halogens is 1. The van der Waals surface area contributed by atoms with Crippen molar-refractivity contribution in [1.82, 2.24) is 5.43 Å². The quantitative estimate of drug-likeness (QED) is 0.469. The molecule has 0 amide bonds. The van der Waals surface area contributed by atoms with Crippen LogP contribution < -0.4 is 11.3 Å². The second-order valence-corrected chi connectivity index (χ2v) is 3.79. The Morgan fingerprint density at radius 2 is 2.27 bits per heavy atom. The average molecular weight is 223 g/mol. The van der Waals surface area contributed by atoms with Crippen LogP contribution in [0.4, 0.5) is 0 Å². The van der Waals surface area contributed by atoms with E-state index in [9.17, 15) is 0 Å². The lowest BCUT2D eigenvalue weighted by molar-refractivity contribution is 0.565. The number of nitrogens with one attached hydrogen (secondary N) is 1. The summed E-state index contributed by atoms with van der Waals surface area (Å²) in [5.41, 5.74) is 5.04. The Balaban J connectivity index is 2.94. The maximum atomic E-state index is 5.89. The monoisotopic (exact) mass is 222 g/mol. The van der Waals surface area contributed by atoms with Gasteiger partial charge in [-0.25, -0.2) is 0 Å². The molecule has 0 aliphatic heterocycles. The van der Waals surface area contributed by atoms with Crippen LogP contribution in [0.5, 0.6) is 0 Å². The lowest BCUT2D eigenvalue weighted by Gasteiger charge is -2.16. The lowest BCUT2D eigenvalue weighted by Crippen LogP contribution is -2.28. The highest BCUT2D eigenvalue weighted by Gasteiger charge is 2.10. The molecule has 0 saturated heterocycles. The van der Waals surface area contributed by atoms with Crippen LogP contribution >= 0.6 is 11.6 Å². The SMILES string of the molecule is CC#CCC(NN)c1ccc(Cl)cc1C. The Bertz CT molecular complexity index is 390. The zero-order valence-corrected chi connectivity index (χ0v) is 9.73. The fourth-order valence-electron chi connectivity index (χ4n) is 1.49. The number of rotatable bonds is 3. The predicted molar refractivity (Wildman–Crippen MR) is 64.3 cm³/mol.